The summed E-state index contributed by atoms with van der Waals surface area (Å²) in [6.07, 6.45) is 0.302. The highest BCUT2D eigenvalue weighted by atomic mass is 32.2. The Morgan fingerprint density at radius 1 is 0.927 bits per heavy atom. The van der Waals surface area contributed by atoms with Crippen molar-refractivity contribution in [3.8, 4) is 0 Å². The van der Waals surface area contributed by atoms with E-state index in [4.69, 9.17) is 4.55 Å². The summed E-state index contributed by atoms with van der Waals surface area (Å²) in [5.74, 6) is -1.51. The van der Waals surface area contributed by atoms with Crippen molar-refractivity contribution in [1.82, 2.24) is 14.9 Å². The number of fused-ring (bicyclic) bond motifs is 1. The predicted octanol–water partition coefficient (Wildman–Crippen LogP) is 1.65. The van der Waals surface area contributed by atoms with Crippen LogP contribution in [0.15, 0.2) is 77.7 Å². The number of rotatable bonds is 9. The normalized spacial score (nSPS) is 15.0. The highest BCUT2D eigenvalue weighted by Crippen LogP contribution is 2.28. The van der Waals surface area contributed by atoms with E-state index in [9.17, 15) is 31.2 Å². The summed E-state index contributed by atoms with van der Waals surface area (Å²) in [6.45, 7) is 0.0210. The number of hydrogen-bond donors (Lipinski definition) is 4. The van der Waals surface area contributed by atoms with Gasteiger partial charge in [0.15, 0.2) is 0 Å². The molecule has 4 rings (SSSR count). The molecule has 41 heavy (non-hydrogen) atoms. The quantitative estimate of drug-likeness (QED) is 0.268. The molecular weight excluding hydrogens is 572 g/mol. The Morgan fingerprint density at radius 2 is 1.66 bits per heavy atom. The van der Waals surface area contributed by atoms with E-state index in [0.29, 0.717) is 11.1 Å². The first-order chi connectivity index (χ1) is 19.4. The van der Waals surface area contributed by atoms with Gasteiger partial charge < -0.3 is 10.2 Å². The molecule has 0 bridgehead atoms. The molecule has 0 radical (unpaired) electrons. The average molecular weight is 601 g/mol. The lowest BCUT2D eigenvalue weighted by atomic mass is 9.92. The highest BCUT2D eigenvalue weighted by molar-refractivity contribution is 7.90. The number of carbonyl (C=O) groups excluding carboxylic acids is 3. The first kappa shape index (κ1) is 29.7. The first-order valence-electron chi connectivity index (χ1n) is 12.5. The zero-order valence-corrected chi connectivity index (χ0v) is 23.5. The van der Waals surface area contributed by atoms with E-state index in [1.54, 1.807) is 30.3 Å². The van der Waals surface area contributed by atoms with Gasteiger partial charge in [0.1, 0.15) is 6.04 Å². The lowest BCUT2D eigenvalue weighted by molar-refractivity contribution is -0.141. The number of nitrogens with one attached hydrogen (secondary N) is 3. The van der Waals surface area contributed by atoms with Crippen molar-refractivity contribution in [2.45, 2.75) is 36.7 Å². The number of aryl methyl sites for hydroxylation is 1. The van der Waals surface area contributed by atoms with E-state index in [0.717, 1.165) is 5.56 Å². The van der Waals surface area contributed by atoms with Crippen LogP contribution in [-0.2, 0) is 49.3 Å². The molecule has 0 saturated carbocycles. The van der Waals surface area contributed by atoms with Gasteiger partial charge >= 0.3 is 10.3 Å². The van der Waals surface area contributed by atoms with Gasteiger partial charge in [0.05, 0.1) is 10.6 Å². The van der Waals surface area contributed by atoms with E-state index in [-0.39, 0.29) is 53.8 Å². The van der Waals surface area contributed by atoms with Crippen LogP contribution in [-0.4, -0.2) is 57.1 Å². The van der Waals surface area contributed by atoms with Crippen molar-refractivity contribution in [2.75, 3.05) is 11.8 Å². The monoisotopic (exact) mass is 600 g/mol. The molecular formula is C27H28N4O8S2. The van der Waals surface area contributed by atoms with Crippen LogP contribution in [0.3, 0.4) is 0 Å². The van der Waals surface area contributed by atoms with Crippen LogP contribution >= 0.6 is 0 Å². The third kappa shape index (κ3) is 7.48. The van der Waals surface area contributed by atoms with E-state index in [2.05, 4.69) is 5.32 Å². The summed E-state index contributed by atoms with van der Waals surface area (Å²) < 4.78 is 61.2. The Labute approximate surface area is 237 Å². The Hall–Kier alpha value is -4.27. The molecule has 0 unspecified atom stereocenters. The molecule has 1 atom stereocenters. The SMILES string of the molecule is CNC(=O)[C@@H]1Cc2ccc(NS(=O)(=O)O)cc2CN1C(=O)CCc1cccc(S(=O)(=O)NC(=O)c2ccccc2)c1. The summed E-state index contributed by atoms with van der Waals surface area (Å²) in [7, 11) is -7.21. The lowest BCUT2D eigenvalue weighted by Gasteiger charge is -2.36. The van der Waals surface area contributed by atoms with Crippen molar-refractivity contribution >= 4 is 43.7 Å². The number of sulfonamides is 1. The van der Waals surface area contributed by atoms with Gasteiger partial charge in [-0.3, -0.25) is 23.7 Å². The predicted molar refractivity (Wildman–Crippen MR) is 150 cm³/mol. The van der Waals surface area contributed by atoms with Gasteiger partial charge in [0, 0.05) is 32.0 Å². The summed E-state index contributed by atoms with van der Waals surface area (Å²) in [5, 5.41) is 2.56. The summed E-state index contributed by atoms with van der Waals surface area (Å²) in [4.78, 5) is 39.6. The molecule has 1 heterocycles. The fraction of sp³-hybridized carbons (Fsp3) is 0.222. The first-order valence-corrected chi connectivity index (χ1v) is 15.4. The molecule has 0 fully saturated rings. The molecule has 14 heteroatoms. The van der Waals surface area contributed by atoms with E-state index >= 15 is 0 Å². The van der Waals surface area contributed by atoms with Crippen molar-refractivity contribution in [3.05, 3.63) is 95.1 Å². The van der Waals surface area contributed by atoms with Crippen LogP contribution in [0.5, 0.6) is 0 Å². The van der Waals surface area contributed by atoms with E-state index in [1.807, 2.05) is 9.44 Å². The molecule has 3 amide bonds. The number of benzene rings is 3. The van der Waals surface area contributed by atoms with Crippen LogP contribution in [0.25, 0.3) is 0 Å². The number of carbonyl (C=O) groups is 3. The van der Waals surface area contributed by atoms with E-state index in [1.165, 1.54) is 54.4 Å². The van der Waals surface area contributed by atoms with Gasteiger partial charge in [-0.15, -0.1) is 0 Å². The molecule has 3 aromatic rings. The van der Waals surface area contributed by atoms with Crippen LogP contribution in [0.4, 0.5) is 5.69 Å². The van der Waals surface area contributed by atoms with Crippen LogP contribution in [0.2, 0.25) is 0 Å². The number of hydrogen-bond acceptors (Lipinski definition) is 7. The zero-order valence-electron chi connectivity index (χ0n) is 21.9. The number of nitrogens with zero attached hydrogens (tertiary/aromatic N) is 1. The van der Waals surface area contributed by atoms with Crippen LogP contribution < -0.4 is 14.8 Å². The molecule has 1 aliphatic rings. The topological polar surface area (TPSA) is 179 Å². The van der Waals surface area contributed by atoms with E-state index < -0.39 is 32.3 Å². The van der Waals surface area contributed by atoms with Crippen molar-refractivity contribution in [3.63, 3.8) is 0 Å². The maximum absolute atomic E-state index is 13.3. The molecule has 4 N–H and O–H groups in total. The largest absolute Gasteiger partial charge is 0.357 e. The number of likely N-dealkylation sites (N-methyl/N-ethyl adjacent to an activating group) is 1. The summed E-state index contributed by atoms with van der Waals surface area (Å²) >= 11 is 0. The van der Waals surface area contributed by atoms with Gasteiger partial charge in [0.2, 0.25) is 11.8 Å². The summed E-state index contributed by atoms with van der Waals surface area (Å²) in [6, 6.07) is 17.6. The Kier molecular flexibility index (Phi) is 8.75. The molecule has 12 nitrogen and oxygen atoms in total. The van der Waals surface area contributed by atoms with Crippen LogP contribution in [0.1, 0.15) is 33.5 Å². The van der Waals surface area contributed by atoms with Gasteiger partial charge in [-0.25, -0.2) is 13.1 Å². The van der Waals surface area contributed by atoms with Crippen molar-refractivity contribution < 1.29 is 35.8 Å². The van der Waals surface area contributed by atoms with Gasteiger partial charge in [-0.1, -0.05) is 36.4 Å². The summed E-state index contributed by atoms with van der Waals surface area (Å²) in [5.41, 5.74) is 2.18. The molecule has 0 aliphatic carbocycles. The second kappa shape index (κ2) is 12.1. The van der Waals surface area contributed by atoms with Gasteiger partial charge in [-0.05, 0) is 59.5 Å². The maximum atomic E-state index is 13.3. The van der Waals surface area contributed by atoms with Gasteiger partial charge in [0.25, 0.3) is 15.9 Å². The van der Waals surface area contributed by atoms with Gasteiger partial charge in [-0.2, -0.15) is 8.42 Å². The smallest absolute Gasteiger partial charge is 0.357 e. The van der Waals surface area contributed by atoms with Crippen molar-refractivity contribution in [1.29, 1.82) is 0 Å². The maximum Gasteiger partial charge on any atom is 0.357 e. The van der Waals surface area contributed by atoms with Crippen molar-refractivity contribution in [2.24, 2.45) is 0 Å². The van der Waals surface area contributed by atoms with Crippen LogP contribution in [0, 0.1) is 0 Å². The highest BCUT2D eigenvalue weighted by Gasteiger charge is 2.34. The second-order valence-corrected chi connectivity index (χ2v) is 12.2. The minimum absolute atomic E-state index is 0.0210. The number of amides is 3. The lowest BCUT2D eigenvalue weighted by Crippen LogP contribution is -2.52. The third-order valence-corrected chi connectivity index (χ3v) is 8.37. The minimum Gasteiger partial charge on any atom is -0.357 e. The minimum atomic E-state index is -4.50. The second-order valence-electron chi connectivity index (χ2n) is 9.36. The Bertz CT molecular complexity index is 1690. The standard InChI is InChI=1S/C27H28N4O8S2/c1-28-27(34)24-16-20-11-12-22(29-41(37,38)39)15-21(20)17-31(24)25(32)13-10-18-6-5-9-23(14-18)40(35,36)30-26(33)19-7-3-2-4-8-19/h2-9,11-12,14-15,24,29H,10,13,16-17H2,1H3,(H,28,34)(H,30,33)(H,37,38,39)/t24-/m0/s1. The number of anilines is 1. The third-order valence-electron chi connectivity index (χ3n) is 6.55. The molecule has 0 aromatic heterocycles. The fourth-order valence-electron chi connectivity index (χ4n) is 4.55. The zero-order chi connectivity index (χ0) is 29.8. The molecule has 3 aromatic carbocycles. The Morgan fingerprint density at radius 3 is 2.34 bits per heavy atom. The molecule has 216 valence electrons. The molecule has 0 spiro atoms. The Balaban J connectivity index is 1.48. The molecule has 1 aliphatic heterocycles. The fourth-order valence-corrected chi connectivity index (χ4v) is 6.02. The average Bonchev–Trinajstić information content (AvgIpc) is 2.94. The molecule has 0 saturated heterocycles.